The van der Waals surface area contributed by atoms with Crippen molar-refractivity contribution in [1.82, 2.24) is 4.90 Å². The number of fused-ring (bicyclic) bond motifs is 1. The van der Waals surface area contributed by atoms with Gasteiger partial charge in [-0.1, -0.05) is 18.2 Å². The number of carbonyl (C=O) groups excluding carboxylic acids is 1. The molecule has 1 aliphatic heterocycles. The summed E-state index contributed by atoms with van der Waals surface area (Å²) in [6.45, 7) is 0.810. The zero-order chi connectivity index (χ0) is 16.4. The maximum atomic E-state index is 12.4. The van der Waals surface area contributed by atoms with Crippen LogP contribution in [-0.2, 0) is 14.3 Å². The van der Waals surface area contributed by atoms with Crippen LogP contribution in [0.2, 0.25) is 0 Å². The Morgan fingerprint density at radius 1 is 1.43 bits per heavy atom. The fraction of sp³-hybridized carbons (Fsp3) is 0.412. The van der Waals surface area contributed by atoms with E-state index in [0.29, 0.717) is 19.6 Å². The Bertz CT molecular complexity index is 726. The molecule has 2 heterocycles. The fourth-order valence-electron chi connectivity index (χ4n) is 3.28. The number of ether oxygens (including phenoxy) is 1. The van der Waals surface area contributed by atoms with Crippen molar-refractivity contribution in [3.8, 4) is 0 Å². The third-order valence-corrected chi connectivity index (χ3v) is 5.37. The topological polar surface area (TPSA) is 66.8 Å². The standard InChI is InChI=1S/C17H19NO4S/c1-22-9-8-18-15(19)7-6-12(17(20)21)16(18)13-10-23-14-5-3-2-4-11(13)14/h2-5,10,12,16H,6-9H2,1H3,(H,20,21)/t12-,16-/m1/s1. The zero-order valence-corrected chi connectivity index (χ0v) is 13.7. The van der Waals surface area contributed by atoms with Gasteiger partial charge in [-0.3, -0.25) is 9.59 Å². The molecule has 1 aromatic carbocycles. The molecule has 5 nitrogen and oxygen atoms in total. The molecule has 1 saturated heterocycles. The van der Waals surface area contributed by atoms with Crippen LogP contribution >= 0.6 is 11.3 Å². The van der Waals surface area contributed by atoms with E-state index in [2.05, 4.69) is 0 Å². The number of carbonyl (C=O) groups is 2. The number of amides is 1. The molecule has 0 unspecified atom stereocenters. The van der Waals surface area contributed by atoms with Crippen LogP contribution in [0.1, 0.15) is 24.4 Å². The number of nitrogens with zero attached hydrogens (tertiary/aromatic N) is 1. The monoisotopic (exact) mass is 333 g/mol. The molecule has 1 N–H and O–H groups in total. The molecule has 0 radical (unpaired) electrons. The minimum absolute atomic E-state index is 0.000156. The van der Waals surface area contributed by atoms with Crippen molar-refractivity contribution >= 4 is 33.3 Å². The number of hydrogen-bond acceptors (Lipinski definition) is 4. The van der Waals surface area contributed by atoms with E-state index in [-0.39, 0.29) is 12.3 Å². The molecule has 1 fully saturated rings. The molecule has 0 saturated carbocycles. The maximum absolute atomic E-state index is 12.4. The number of piperidine rings is 1. The summed E-state index contributed by atoms with van der Waals surface area (Å²) < 4.78 is 6.21. The van der Waals surface area contributed by atoms with Gasteiger partial charge in [0.15, 0.2) is 0 Å². The molecule has 0 bridgehead atoms. The van der Waals surface area contributed by atoms with E-state index in [1.54, 1.807) is 23.3 Å². The molecule has 23 heavy (non-hydrogen) atoms. The minimum atomic E-state index is -0.847. The summed E-state index contributed by atoms with van der Waals surface area (Å²) in [4.78, 5) is 25.8. The van der Waals surface area contributed by atoms with Gasteiger partial charge in [0.05, 0.1) is 18.6 Å². The molecule has 2 atom stereocenters. The first kappa shape index (κ1) is 16.0. The molecular formula is C17H19NO4S. The van der Waals surface area contributed by atoms with Gasteiger partial charge in [0, 0.05) is 24.8 Å². The SMILES string of the molecule is COCCN1C(=O)CC[C@@H](C(=O)O)[C@@H]1c1csc2ccccc12. The summed E-state index contributed by atoms with van der Waals surface area (Å²) in [7, 11) is 1.58. The fourth-order valence-corrected chi connectivity index (χ4v) is 4.27. The molecular weight excluding hydrogens is 314 g/mol. The lowest BCUT2D eigenvalue weighted by atomic mass is 9.84. The van der Waals surface area contributed by atoms with E-state index < -0.39 is 17.9 Å². The number of carboxylic acid groups (broad SMARTS) is 1. The maximum Gasteiger partial charge on any atom is 0.308 e. The van der Waals surface area contributed by atoms with Crippen LogP contribution in [0.15, 0.2) is 29.6 Å². The van der Waals surface area contributed by atoms with Crippen LogP contribution in [0.25, 0.3) is 10.1 Å². The molecule has 0 spiro atoms. The predicted molar refractivity (Wildman–Crippen MR) is 88.5 cm³/mol. The Morgan fingerprint density at radius 2 is 2.22 bits per heavy atom. The van der Waals surface area contributed by atoms with Gasteiger partial charge in [-0.05, 0) is 28.8 Å². The average molecular weight is 333 g/mol. The van der Waals surface area contributed by atoms with Crippen LogP contribution in [-0.4, -0.2) is 42.1 Å². The number of hydrogen-bond donors (Lipinski definition) is 1. The van der Waals surface area contributed by atoms with Crippen molar-refractivity contribution in [2.24, 2.45) is 5.92 Å². The van der Waals surface area contributed by atoms with E-state index in [1.165, 1.54) is 0 Å². The Morgan fingerprint density at radius 3 is 2.96 bits per heavy atom. The Hall–Kier alpha value is -1.92. The molecule has 6 heteroatoms. The second-order valence-corrected chi connectivity index (χ2v) is 6.61. The van der Waals surface area contributed by atoms with E-state index >= 15 is 0 Å². The van der Waals surface area contributed by atoms with E-state index in [1.807, 2.05) is 29.6 Å². The molecule has 0 aliphatic carbocycles. The predicted octanol–water partition coefficient (Wildman–Crippen LogP) is 2.91. The van der Waals surface area contributed by atoms with Gasteiger partial charge in [0.2, 0.25) is 5.91 Å². The van der Waals surface area contributed by atoms with Crippen LogP contribution in [0.3, 0.4) is 0 Å². The summed E-state index contributed by atoms with van der Waals surface area (Å²) >= 11 is 1.59. The summed E-state index contributed by atoms with van der Waals surface area (Å²) in [6, 6.07) is 7.49. The number of carboxylic acids is 1. The minimum Gasteiger partial charge on any atom is -0.481 e. The van der Waals surface area contributed by atoms with Crippen LogP contribution in [0, 0.1) is 5.92 Å². The number of rotatable bonds is 5. The highest BCUT2D eigenvalue weighted by Gasteiger charge is 2.41. The zero-order valence-electron chi connectivity index (χ0n) is 12.9. The first-order chi connectivity index (χ1) is 11.1. The van der Waals surface area contributed by atoms with Gasteiger partial charge >= 0.3 is 5.97 Å². The van der Waals surface area contributed by atoms with Crippen molar-refractivity contribution in [2.75, 3.05) is 20.3 Å². The highest BCUT2D eigenvalue weighted by atomic mass is 32.1. The second-order valence-electron chi connectivity index (χ2n) is 5.70. The van der Waals surface area contributed by atoms with Gasteiger partial charge in [0.1, 0.15) is 0 Å². The van der Waals surface area contributed by atoms with E-state index in [9.17, 15) is 14.7 Å². The lowest BCUT2D eigenvalue weighted by Gasteiger charge is -2.39. The van der Waals surface area contributed by atoms with Gasteiger partial charge < -0.3 is 14.7 Å². The average Bonchev–Trinajstić information content (AvgIpc) is 2.97. The smallest absolute Gasteiger partial charge is 0.308 e. The Labute approximate surface area is 138 Å². The summed E-state index contributed by atoms with van der Waals surface area (Å²) in [5, 5.41) is 12.7. The van der Waals surface area contributed by atoms with Gasteiger partial charge in [-0.2, -0.15) is 0 Å². The lowest BCUT2D eigenvalue weighted by Crippen LogP contribution is -2.46. The molecule has 1 aliphatic rings. The molecule has 2 aromatic rings. The molecule has 1 amide bonds. The Balaban J connectivity index is 2.07. The highest BCUT2D eigenvalue weighted by molar-refractivity contribution is 7.17. The number of aliphatic carboxylic acids is 1. The lowest BCUT2D eigenvalue weighted by molar-refractivity contribution is -0.152. The van der Waals surface area contributed by atoms with E-state index in [4.69, 9.17) is 4.74 Å². The number of likely N-dealkylation sites (tertiary alicyclic amines) is 1. The first-order valence-corrected chi connectivity index (χ1v) is 8.48. The summed E-state index contributed by atoms with van der Waals surface area (Å²) in [6.07, 6.45) is 0.658. The second kappa shape index (κ2) is 6.68. The van der Waals surface area contributed by atoms with Crippen molar-refractivity contribution in [3.05, 3.63) is 35.2 Å². The number of thiophene rings is 1. The van der Waals surface area contributed by atoms with Crippen molar-refractivity contribution in [2.45, 2.75) is 18.9 Å². The van der Waals surface area contributed by atoms with Gasteiger partial charge in [-0.25, -0.2) is 0 Å². The van der Waals surface area contributed by atoms with Crippen molar-refractivity contribution in [1.29, 1.82) is 0 Å². The van der Waals surface area contributed by atoms with Crippen molar-refractivity contribution < 1.29 is 19.4 Å². The summed E-state index contributed by atoms with van der Waals surface area (Å²) in [5.74, 6) is -1.43. The number of methoxy groups -OCH3 is 1. The third kappa shape index (κ3) is 2.96. The normalized spacial score (nSPS) is 21.8. The van der Waals surface area contributed by atoms with Crippen LogP contribution < -0.4 is 0 Å². The first-order valence-electron chi connectivity index (χ1n) is 7.61. The van der Waals surface area contributed by atoms with Gasteiger partial charge in [-0.15, -0.1) is 11.3 Å². The van der Waals surface area contributed by atoms with Gasteiger partial charge in [0.25, 0.3) is 0 Å². The molecule has 1 aromatic heterocycles. The third-order valence-electron chi connectivity index (χ3n) is 4.39. The molecule has 3 rings (SSSR count). The van der Waals surface area contributed by atoms with E-state index in [0.717, 1.165) is 15.6 Å². The number of benzene rings is 1. The quantitative estimate of drug-likeness (QED) is 0.913. The highest BCUT2D eigenvalue weighted by Crippen LogP contribution is 2.41. The van der Waals surface area contributed by atoms with Crippen molar-refractivity contribution in [3.63, 3.8) is 0 Å². The summed E-state index contributed by atoms with van der Waals surface area (Å²) in [5.41, 5.74) is 0.933. The van der Waals surface area contributed by atoms with Crippen LogP contribution in [0.4, 0.5) is 0 Å². The molecule has 122 valence electrons. The largest absolute Gasteiger partial charge is 0.481 e. The van der Waals surface area contributed by atoms with Crippen LogP contribution in [0.5, 0.6) is 0 Å². The Kier molecular flexibility index (Phi) is 4.63.